The third-order valence-electron chi connectivity index (χ3n) is 1.50. The van der Waals surface area contributed by atoms with Crippen molar-refractivity contribution >= 4 is 39.5 Å². The van der Waals surface area contributed by atoms with Gasteiger partial charge in [-0.3, -0.25) is 4.79 Å². The summed E-state index contributed by atoms with van der Waals surface area (Å²) in [5.74, 6) is 0. The molecule has 64 valence electrons. The van der Waals surface area contributed by atoms with Crippen LogP contribution in [-0.2, 0) is 0 Å². The van der Waals surface area contributed by atoms with Gasteiger partial charge in [-0.25, -0.2) is 0 Å². The molecule has 0 saturated carbocycles. The highest BCUT2D eigenvalue weighted by Gasteiger charge is 2.04. The lowest BCUT2D eigenvalue weighted by Crippen LogP contribution is -2.19. The summed E-state index contributed by atoms with van der Waals surface area (Å²) in [6.07, 6.45) is 0. The molecule has 4 heteroatoms. The SMILES string of the molecule is CN(C(=O)S)c1ccc(Br)cc1. The van der Waals surface area contributed by atoms with Gasteiger partial charge >= 0.3 is 0 Å². The topological polar surface area (TPSA) is 20.3 Å². The molecule has 0 aliphatic rings. The zero-order valence-electron chi connectivity index (χ0n) is 6.49. The average Bonchev–Trinajstić information content (AvgIpc) is 2.04. The summed E-state index contributed by atoms with van der Waals surface area (Å²) >= 11 is 7.01. The van der Waals surface area contributed by atoms with Gasteiger partial charge in [-0.2, -0.15) is 0 Å². The van der Waals surface area contributed by atoms with Gasteiger partial charge in [0.05, 0.1) is 0 Å². The van der Waals surface area contributed by atoms with Crippen LogP contribution in [0.25, 0.3) is 0 Å². The molecule has 0 fully saturated rings. The Morgan fingerprint density at radius 3 is 2.33 bits per heavy atom. The third-order valence-corrected chi connectivity index (χ3v) is 2.33. The maximum Gasteiger partial charge on any atom is 0.282 e. The lowest BCUT2D eigenvalue weighted by Gasteiger charge is -2.13. The van der Waals surface area contributed by atoms with Crippen molar-refractivity contribution in [3.63, 3.8) is 0 Å². The number of halogens is 1. The van der Waals surface area contributed by atoms with Crippen molar-refractivity contribution in [1.82, 2.24) is 0 Å². The minimum atomic E-state index is -0.266. The third kappa shape index (κ3) is 2.25. The van der Waals surface area contributed by atoms with E-state index in [4.69, 9.17) is 0 Å². The number of anilines is 1. The van der Waals surface area contributed by atoms with Crippen LogP contribution in [-0.4, -0.2) is 12.3 Å². The average molecular weight is 246 g/mol. The Hall–Kier alpha value is -0.480. The molecule has 0 aliphatic heterocycles. The van der Waals surface area contributed by atoms with Gasteiger partial charge < -0.3 is 4.90 Å². The number of carbonyl (C=O) groups excluding carboxylic acids is 1. The first-order valence-electron chi connectivity index (χ1n) is 3.33. The van der Waals surface area contributed by atoms with Crippen LogP contribution in [0.4, 0.5) is 10.5 Å². The fourth-order valence-electron chi connectivity index (χ4n) is 0.775. The lowest BCUT2D eigenvalue weighted by atomic mass is 10.3. The smallest absolute Gasteiger partial charge is 0.282 e. The summed E-state index contributed by atoms with van der Waals surface area (Å²) in [7, 11) is 1.68. The van der Waals surface area contributed by atoms with Crippen LogP contribution < -0.4 is 4.90 Å². The highest BCUT2D eigenvalue weighted by atomic mass is 79.9. The second kappa shape index (κ2) is 3.96. The molecule has 2 nitrogen and oxygen atoms in total. The Bertz CT molecular complexity index is 286. The maximum atomic E-state index is 10.8. The van der Waals surface area contributed by atoms with Crippen LogP contribution in [0.2, 0.25) is 0 Å². The van der Waals surface area contributed by atoms with Crippen molar-refractivity contribution in [3.8, 4) is 0 Å². The molecule has 0 heterocycles. The fraction of sp³-hybridized carbons (Fsp3) is 0.125. The van der Waals surface area contributed by atoms with Gasteiger partial charge in [0.1, 0.15) is 0 Å². The maximum absolute atomic E-state index is 10.8. The van der Waals surface area contributed by atoms with Gasteiger partial charge in [0.25, 0.3) is 5.24 Å². The molecule has 1 amide bonds. The van der Waals surface area contributed by atoms with Gasteiger partial charge in [0.15, 0.2) is 0 Å². The number of hydrogen-bond acceptors (Lipinski definition) is 1. The minimum absolute atomic E-state index is 0.266. The van der Waals surface area contributed by atoms with E-state index in [0.717, 1.165) is 10.2 Å². The Morgan fingerprint density at radius 1 is 1.42 bits per heavy atom. The Kier molecular flexibility index (Phi) is 3.17. The van der Waals surface area contributed by atoms with Crippen molar-refractivity contribution in [2.75, 3.05) is 11.9 Å². The zero-order valence-corrected chi connectivity index (χ0v) is 8.97. The molecule has 0 radical (unpaired) electrons. The van der Waals surface area contributed by atoms with Gasteiger partial charge in [-0.1, -0.05) is 28.6 Å². The number of thiol groups is 1. The zero-order chi connectivity index (χ0) is 9.14. The van der Waals surface area contributed by atoms with Crippen molar-refractivity contribution in [3.05, 3.63) is 28.7 Å². The monoisotopic (exact) mass is 245 g/mol. The van der Waals surface area contributed by atoms with Gasteiger partial charge in [0.2, 0.25) is 0 Å². The van der Waals surface area contributed by atoms with Gasteiger partial charge in [-0.15, -0.1) is 0 Å². The minimum Gasteiger partial charge on any atom is -0.307 e. The van der Waals surface area contributed by atoms with Crippen LogP contribution in [0, 0.1) is 0 Å². The number of benzene rings is 1. The van der Waals surface area contributed by atoms with Crippen LogP contribution in [0.15, 0.2) is 28.7 Å². The number of carbonyl (C=O) groups is 1. The first-order chi connectivity index (χ1) is 5.61. The summed E-state index contributed by atoms with van der Waals surface area (Å²) < 4.78 is 0.992. The van der Waals surface area contributed by atoms with Crippen molar-refractivity contribution < 1.29 is 4.79 Å². The van der Waals surface area contributed by atoms with Crippen molar-refractivity contribution in [2.45, 2.75) is 0 Å². The molecule has 1 rings (SSSR count). The summed E-state index contributed by atoms with van der Waals surface area (Å²) in [5.41, 5.74) is 0.832. The quantitative estimate of drug-likeness (QED) is 0.755. The first kappa shape index (κ1) is 9.61. The second-order valence-corrected chi connectivity index (χ2v) is 3.62. The number of rotatable bonds is 1. The molecular weight excluding hydrogens is 238 g/mol. The predicted molar refractivity (Wildman–Crippen MR) is 56.9 cm³/mol. The number of hydrogen-bond donors (Lipinski definition) is 1. The molecule has 12 heavy (non-hydrogen) atoms. The van der Waals surface area contributed by atoms with E-state index in [-0.39, 0.29) is 5.24 Å². The van der Waals surface area contributed by atoms with E-state index in [9.17, 15) is 4.79 Å². The van der Waals surface area contributed by atoms with E-state index in [1.165, 1.54) is 4.90 Å². The highest BCUT2D eigenvalue weighted by molar-refractivity contribution is 9.10. The molecule has 1 aromatic carbocycles. The van der Waals surface area contributed by atoms with E-state index >= 15 is 0 Å². The molecule has 0 saturated heterocycles. The Labute approximate surface area is 85.1 Å². The summed E-state index contributed by atoms with van der Waals surface area (Å²) in [6, 6.07) is 7.45. The van der Waals surface area contributed by atoms with Crippen LogP contribution in [0.3, 0.4) is 0 Å². The molecule has 0 aromatic heterocycles. The molecular formula is C8H8BrNOS. The van der Waals surface area contributed by atoms with Crippen molar-refractivity contribution in [1.29, 1.82) is 0 Å². The normalized spacial score (nSPS) is 9.58. The molecule has 1 aromatic rings. The number of amides is 1. The second-order valence-electron chi connectivity index (χ2n) is 2.32. The van der Waals surface area contributed by atoms with Crippen molar-refractivity contribution in [2.24, 2.45) is 0 Å². The van der Waals surface area contributed by atoms with Gasteiger partial charge in [0, 0.05) is 17.2 Å². The van der Waals surface area contributed by atoms with E-state index in [1.54, 1.807) is 7.05 Å². The standard InChI is InChI=1S/C8H8BrNOS/c1-10(8(11)12)7-4-2-6(9)3-5-7/h2-5H,1H3,(H,11,12). The molecule has 0 bridgehead atoms. The van der Waals surface area contributed by atoms with Gasteiger partial charge in [-0.05, 0) is 24.3 Å². The largest absolute Gasteiger partial charge is 0.307 e. The van der Waals surface area contributed by atoms with E-state index in [2.05, 4.69) is 28.6 Å². The van der Waals surface area contributed by atoms with E-state index in [1.807, 2.05) is 24.3 Å². The molecule has 0 aliphatic carbocycles. The Morgan fingerprint density at radius 2 is 1.92 bits per heavy atom. The van der Waals surface area contributed by atoms with Crippen LogP contribution in [0.5, 0.6) is 0 Å². The summed E-state index contributed by atoms with van der Waals surface area (Å²) in [5, 5.41) is -0.266. The molecule has 0 unspecified atom stereocenters. The predicted octanol–water partition coefficient (Wildman–Crippen LogP) is 2.94. The first-order valence-corrected chi connectivity index (χ1v) is 4.57. The molecule has 0 atom stereocenters. The summed E-state index contributed by atoms with van der Waals surface area (Å²) in [4.78, 5) is 12.3. The van der Waals surface area contributed by atoms with E-state index < -0.39 is 0 Å². The highest BCUT2D eigenvalue weighted by Crippen LogP contribution is 2.17. The Balaban J connectivity index is 2.89. The van der Waals surface area contributed by atoms with E-state index in [0.29, 0.717) is 0 Å². The molecule has 0 spiro atoms. The van der Waals surface area contributed by atoms with Crippen LogP contribution in [0.1, 0.15) is 0 Å². The van der Waals surface area contributed by atoms with Crippen LogP contribution >= 0.6 is 28.6 Å². The lowest BCUT2D eigenvalue weighted by molar-refractivity contribution is 0.266. The molecule has 0 N–H and O–H groups in total. The fourth-order valence-corrected chi connectivity index (χ4v) is 1.15. The summed E-state index contributed by atoms with van der Waals surface area (Å²) in [6.45, 7) is 0. The number of nitrogens with zero attached hydrogens (tertiary/aromatic N) is 1.